The van der Waals surface area contributed by atoms with Gasteiger partial charge < -0.3 is 10.6 Å². The Morgan fingerprint density at radius 1 is 1.16 bits per heavy atom. The normalized spacial score (nSPS) is 18.6. The molecule has 2 aromatic rings. The zero-order chi connectivity index (χ0) is 11.7. The fourth-order valence-electron chi connectivity index (χ4n) is 2.44. The quantitative estimate of drug-likeness (QED) is 0.879. The monoisotopic (exact) mass is 300 g/mol. The van der Waals surface area contributed by atoms with Crippen LogP contribution in [-0.2, 0) is 0 Å². The topological polar surface area (TPSA) is 55.0 Å². The number of fused-ring (bicyclic) bond motifs is 1. The molecule has 0 radical (unpaired) electrons. The molecule has 1 aliphatic heterocycles. The van der Waals surface area contributed by atoms with Gasteiger partial charge >= 0.3 is 0 Å². The third kappa shape index (κ3) is 3.26. The summed E-state index contributed by atoms with van der Waals surface area (Å²) in [7, 11) is 0. The number of benzene rings is 1. The lowest BCUT2D eigenvalue weighted by Gasteiger charge is -2.32. The highest BCUT2D eigenvalue weighted by molar-refractivity contribution is 5.89. The predicted octanol–water partition coefficient (Wildman–Crippen LogP) is 2.40. The molecular formula is C13H18Cl2N4. The van der Waals surface area contributed by atoms with Crippen LogP contribution in [0, 0.1) is 0 Å². The molecule has 1 atom stereocenters. The summed E-state index contributed by atoms with van der Waals surface area (Å²) in [6.45, 7) is 1.93. The first-order valence-corrected chi connectivity index (χ1v) is 6.05. The SMILES string of the molecule is Cl.Cl.NC1CCCN(c2ncnc3ccccc23)C1. The van der Waals surface area contributed by atoms with Crippen molar-refractivity contribution in [2.75, 3.05) is 18.0 Å². The number of para-hydroxylation sites is 1. The Morgan fingerprint density at radius 3 is 2.74 bits per heavy atom. The largest absolute Gasteiger partial charge is 0.354 e. The van der Waals surface area contributed by atoms with Crippen LogP contribution in [0.2, 0.25) is 0 Å². The average Bonchev–Trinajstić information content (AvgIpc) is 2.38. The Morgan fingerprint density at radius 2 is 1.95 bits per heavy atom. The molecule has 104 valence electrons. The third-order valence-corrected chi connectivity index (χ3v) is 3.28. The number of hydrogen-bond acceptors (Lipinski definition) is 4. The first kappa shape index (κ1) is 16.0. The van der Waals surface area contributed by atoms with Crippen molar-refractivity contribution >= 4 is 41.5 Å². The summed E-state index contributed by atoms with van der Waals surface area (Å²) in [4.78, 5) is 11.0. The highest BCUT2D eigenvalue weighted by Gasteiger charge is 2.19. The van der Waals surface area contributed by atoms with Gasteiger partial charge in [-0.1, -0.05) is 12.1 Å². The maximum atomic E-state index is 6.02. The summed E-state index contributed by atoms with van der Waals surface area (Å²) in [6, 6.07) is 8.38. The summed E-state index contributed by atoms with van der Waals surface area (Å²) in [5.41, 5.74) is 7.02. The van der Waals surface area contributed by atoms with Crippen molar-refractivity contribution in [1.29, 1.82) is 0 Å². The van der Waals surface area contributed by atoms with Gasteiger partial charge in [0.15, 0.2) is 0 Å². The Hall–Kier alpha value is -1.10. The van der Waals surface area contributed by atoms with E-state index < -0.39 is 0 Å². The molecule has 1 fully saturated rings. The number of anilines is 1. The number of halogens is 2. The molecule has 1 aromatic heterocycles. The molecule has 1 unspecified atom stereocenters. The Labute approximate surface area is 125 Å². The van der Waals surface area contributed by atoms with Crippen LogP contribution in [-0.4, -0.2) is 29.1 Å². The van der Waals surface area contributed by atoms with Crippen LogP contribution in [0.15, 0.2) is 30.6 Å². The highest BCUT2D eigenvalue weighted by atomic mass is 35.5. The van der Waals surface area contributed by atoms with Gasteiger partial charge in [-0.25, -0.2) is 9.97 Å². The third-order valence-electron chi connectivity index (χ3n) is 3.28. The molecule has 0 saturated carbocycles. The molecule has 0 aliphatic carbocycles. The van der Waals surface area contributed by atoms with Crippen molar-refractivity contribution in [2.24, 2.45) is 5.73 Å². The van der Waals surface area contributed by atoms with E-state index in [4.69, 9.17) is 5.73 Å². The summed E-state index contributed by atoms with van der Waals surface area (Å²) in [5.74, 6) is 1.02. The molecule has 1 aromatic carbocycles. The summed E-state index contributed by atoms with van der Waals surface area (Å²) < 4.78 is 0. The molecule has 0 amide bonds. The molecule has 2 N–H and O–H groups in total. The number of nitrogens with zero attached hydrogens (tertiary/aromatic N) is 3. The minimum atomic E-state index is 0. The summed E-state index contributed by atoms with van der Waals surface area (Å²) in [5, 5.41) is 1.11. The molecular weight excluding hydrogens is 283 g/mol. The van der Waals surface area contributed by atoms with Crippen molar-refractivity contribution in [3.05, 3.63) is 30.6 Å². The second kappa shape index (κ2) is 6.89. The Kier molecular flexibility index (Phi) is 5.79. The van der Waals surface area contributed by atoms with Crippen LogP contribution in [0.3, 0.4) is 0 Å². The van der Waals surface area contributed by atoms with Crippen molar-refractivity contribution in [3.63, 3.8) is 0 Å². The van der Waals surface area contributed by atoms with Crippen LogP contribution in [0.1, 0.15) is 12.8 Å². The van der Waals surface area contributed by atoms with E-state index >= 15 is 0 Å². The van der Waals surface area contributed by atoms with E-state index in [-0.39, 0.29) is 30.9 Å². The molecule has 1 aliphatic rings. The van der Waals surface area contributed by atoms with Gasteiger partial charge in [0.1, 0.15) is 12.1 Å². The van der Waals surface area contributed by atoms with Crippen molar-refractivity contribution < 1.29 is 0 Å². The van der Waals surface area contributed by atoms with E-state index in [0.717, 1.165) is 42.7 Å². The van der Waals surface area contributed by atoms with Crippen molar-refractivity contribution in [2.45, 2.75) is 18.9 Å². The molecule has 6 heteroatoms. The lowest BCUT2D eigenvalue weighted by molar-refractivity contribution is 0.504. The summed E-state index contributed by atoms with van der Waals surface area (Å²) >= 11 is 0. The predicted molar refractivity (Wildman–Crippen MR) is 83.5 cm³/mol. The van der Waals surface area contributed by atoms with E-state index in [1.807, 2.05) is 18.2 Å². The van der Waals surface area contributed by atoms with Crippen LogP contribution in [0.5, 0.6) is 0 Å². The number of rotatable bonds is 1. The molecule has 0 spiro atoms. The maximum absolute atomic E-state index is 6.02. The molecule has 3 rings (SSSR count). The lowest BCUT2D eigenvalue weighted by atomic mass is 10.1. The van der Waals surface area contributed by atoms with Crippen LogP contribution >= 0.6 is 24.8 Å². The van der Waals surface area contributed by atoms with Crippen LogP contribution in [0.25, 0.3) is 10.9 Å². The summed E-state index contributed by atoms with van der Waals surface area (Å²) in [6.07, 6.45) is 3.89. The molecule has 2 heterocycles. The first-order valence-electron chi connectivity index (χ1n) is 6.05. The number of nitrogens with two attached hydrogens (primary N) is 1. The minimum absolute atomic E-state index is 0. The molecule has 0 bridgehead atoms. The van der Waals surface area contributed by atoms with Gasteiger partial charge in [-0.15, -0.1) is 24.8 Å². The average molecular weight is 301 g/mol. The first-order chi connectivity index (χ1) is 8.34. The highest BCUT2D eigenvalue weighted by Crippen LogP contribution is 2.24. The van der Waals surface area contributed by atoms with Crippen LogP contribution in [0.4, 0.5) is 5.82 Å². The fourth-order valence-corrected chi connectivity index (χ4v) is 2.44. The van der Waals surface area contributed by atoms with E-state index in [0.29, 0.717) is 0 Å². The maximum Gasteiger partial charge on any atom is 0.139 e. The number of piperidine rings is 1. The van der Waals surface area contributed by atoms with Gasteiger partial charge in [-0.2, -0.15) is 0 Å². The van der Waals surface area contributed by atoms with Gasteiger partial charge in [-0.05, 0) is 25.0 Å². The van der Waals surface area contributed by atoms with Gasteiger partial charge in [0.05, 0.1) is 5.52 Å². The standard InChI is InChI=1S/C13H16N4.2ClH/c14-10-4-3-7-17(8-10)13-11-5-1-2-6-12(11)15-9-16-13;;/h1-2,5-6,9-10H,3-4,7-8,14H2;2*1H. The van der Waals surface area contributed by atoms with Crippen molar-refractivity contribution in [1.82, 2.24) is 9.97 Å². The lowest BCUT2D eigenvalue weighted by Crippen LogP contribution is -2.43. The zero-order valence-electron chi connectivity index (χ0n) is 10.5. The van der Waals surface area contributed by atoms with E-state index in [2.05, 4.69) is 20.9 Å². The van der Waals surface area contributed by atoms with E-state index in [1.54, 1.807) is 6.33 Å². The molecule has 4 nitrogen and oxygen atoms in total. The van der Waals surface area contributed by atoms with Gasteiger partial charge in [0.2, 0.25) is 0 Å². The Balaban J connectivity index is 0.000000902. The number of aromatic nitrogens is 2. The zero-order valence-corrected chi connectivity index (χ0v) is 12.2. The second-order valence-electron chi connectivity index (χ2n) is 4.56. The van der Waals surface area contributed by atoms with Gasteiger partial charge in [-0.3, -0.25) is 0 Å². The number of hydrogen-bond donors (Lipinski definition) is 1. The van der Waals surface area contributed by atoms with E-state index in [1.165, 1.54) is 0 Å². The smallest absolute Gasteiger partial charge is 0.139 e. The van der Waals surface area contributed by atoms with Crippen LogP contribution < -0.4 is 10.6 Å². The van der Waals surface area contributed by atoms with Crippen molar-refractivity contribution in [3.8, 4) is 0 Å². The molecule has 19 heavy (non-hydrogen) atoms. The minimum Gasteiger partial charge on any atom is -0.354 e. The van der Waals surface area contributed by atoms with Gasteiger partial charge in [0.25, 0.3) is 0 Å². The second-order valence-corrected chi connectivity index (χ2v) is 4.56. The molecule has 1 saturated heterocycles. The Bertz CT molecular complexity index is 530. The fraction of sp³-hybridized carbons (Fsp3) is 0.385. The van der Waals surface area contributed by atoms with E-state index in [9.17, 15) is 0 Å². The van der Waals surface area contributed by atoms with Gasteiger partial charge in [0, 0.05) is 24.5 Å².